The monoisotopic (exact) mass is 1540 g/mol. The summed E-state index contributed by atoms with van der Waals surface area (Å²) < 4.78 is 68.9. The van der Waals surface area contributed by atoms with Crippen LogP contribution in [0.3, 0.4) is 0 Å². The van der Waals surface area contributed by atoms with Gasteiger partial charge in [-0.25, -0.2) is 9.13 Å². The normalized spacial score (nSPS) is 13.7. The van der Waals surface area contributed by atoms with Crippen molar-refractivity contribution in [2.24, 2.45) is 0 Å². The van der Waals surface area contributed by atoms with Crippen LogP contribution < -0.4 is 0 Å². The van der Waals surface area contributed by atoms with Gasteiger partial charge in [0.1, 0.15) is 19.3 Å². The number of esters is 4. The van der Waals surface area contributed by atoms with Gasteiger partial charge in [0, 0.05) is 25.7 Å². The van der Waals surface area contributed by atoms with Crippen LogP contribution in [-0.2, 0) is 65.4 Å². The lowest BCUT2D eigenvalue weighted by molar-refractivity contribution is -0.161. The predicted octanol–water partition coefficient (Wildman–Crippen LogP) is 26.5. The van der Waals surface area contributed by atoms with Gasteiger partial charge in [-0.15, -0.1) is 0 Å². The van der Waals surface area contributed by atoms with Crippen LogP contribution in [0.4, 0.5) is 0 Å². The summed E-state index contributed by atoms with van der Waals surface area (Å²) in [6.45, 7) is 5.04. The molecule has 0 aliphatic heterocycles. The van der Waals surface area contributed by atoms with Gasteiger partial charge in [0.25, 0.3) is 0 Å². The highest BCUT2D eigenvalue weighted by Gasteiger charge is 2.30. The quantitative estimate of drug-likeness (QED) is 0.0222. The van der Waals surface area contributed by atoms with E-state index in [4.69, 9.17) is 37.0 Å². The summed E-state index contributed by atoms with van der Waals surface area (Å²) in [6.07, 6.45) is 75.1. The maximum absolute atomic E-state index is 13.1. The second-order valence-corrected chi connectivity index (χ2v) is 33.8. The lowest BCUT2D eigenvalue weighted by atomic mass is 10.0. The van der Waals surface area contributed by atoms with E-state index in [1.807, 2.05) is 0 Å². The summed E-state index contributed by atoms with van der Waals surface area (Å²) in [5, 5.41) is 10.7. The minimum atomic E-state index is -4.96. The number of phosphoric acid groups is 2. The summed E-state index contributed by atoms with van der Waals surface area (Å²) in [7, 11) is -9.92. The molecule has 0 rings (SSSR count). The van der Waals surface area contributed by atoms with E-state index in [-0.39, 0.29) is 25.7 Å². The number of ether oxygens (including phenoxy) is 4. The highest BCUT2D eigenvalue weighted by atomic mass is 31.2. The molecular weight excluding hydrogens is 1370 g/mol. The molecule has 2 unspecified atom stereocenters. The Morgan fingerprint density at radius 2 is 0.381 bits per heavy atom. The molecule has 105 heavy (non-hydrogen) atoms. The minimum absolute atomic E-state index is 0.109. The van der Waals surface area contributed by atoms with Gasteiger partial charge in [-0.05, 0) is 25.7 Å². The summed E-state index contributed by atoms with van der Waals surface area (Å²) in [4.78, 5) is 73.2. The van der Waals surface area contributed by atoms with E-state index in [9.17, 15) is 43.2 Å². The van der Waals surface area contributed by atoms with Gasteiger partial charge < -0.3 is 33.8 Å². The number of carbonyl (C=O) groups excluding carboxylic acids is 4. The fourth-order valence-electron chi connectivity index (χ4n) is 13.5. The van der Waals surface area contributed by atoms with Crippen molar-refractivity contribution in [1.82, 2.24) is 0 Å². The molecule has 0 amide bonds. The van der Waals surface area contributed by atoms with Crippen LogP contribution in [0.25, 0.3) is 0 Å². The van der Waals surface area contributed by atoms with Crippen LogP contribution in [-0.4, -0.2) is 96.7 Å². The third kappa shape index (κ3) is 79.9. The topological polar surface area (TPSA) is 237 Å². The van der Waals surface area contributed by atoms with E-state index in [0.29, 0.717) is 25.7 Å². The van der Waals surface area contributed by atoms with Crippen LogP contribution in [0, 0.1) is 0 Å². The lowest BCUT2D eigenvalue weighted by Crippen LogP contribution is -2.30. The molecule has 0 fully saturated rings. The average Bonchev–Trinajstić information content (AvgIpc) is 0.908. The van der Waals surface area contributed by atoms with Gasteiger partial charge in [0.2, 0.25) is 0 Å². The average molecular weight is 1540 g/mol. The number of aliphatic hydroxyl groups is 1. The van der Waals surface area contributed by atoms with Crippen molar-refractivity contribution in [2.75, 3.05) is 39.6 Å². The number of carbonyl (C=O) groups is 4. The minimum Gasteiger partial charge on any atom is -0.462 e. The highest BCUT2D eigenvalue weighted by molar-refractivity contribution is 7.47. The molecule has 3 N–H and O–H groups in total. The largest absolute Gasteiger partial charge is 0.472 e. The third-order valence-corrected chi connectivity index (χ3v) is 22.3. The first-order chi connectivity index (χ1) is 51.2. The van der Waals surface area contributed by atoms with E-state index in [0.717, 1.165) is 89.9 Å². The zero-order valence-corrected chi connectivity index (χ0v) is 70.5. The Balaban J connectivity index is 5.20. The van der Waals surface area contributed by atoms with Gasteiger partial charge in [0.05, 0.1) is 26.4 Å². The highest BCUT2D eigenvalue weighted by Crippen LogP contribution is 2.45. The second-order valence-electron chi connectivity index (χ2n) is 30.9. The van der Waals surface area contributed by atoms with Gasteiger partial charge in [-0.1, -0.05) is 419 Å². The molecule has 0 saturated carbocycles. The first kappa shape index (κ1) is 103. The summed E-state index contributed by atoms with van der Waals surface area (Å²) in [6, 6.07) is 0. The van der Waals surface area contributed by atoms with Crippen LogP contribution in [0.5, 0.6) is 0 Å². The zero-order valence-electron chi connectivity index (χ0n) is 68.7. The second kappa shape index (κ2) is 80.1. The molecule has 0 aliphatic rings. The maximum Gasteiger partial charge on any atom is 0.472 e. The zero-order chi connectivity index (χ0) is 76.7. The Hall–Kier alpha value is -1.94. The number of unbranched alkanes of at least 4 members (excludes halogenated alkanes) is 61. The molecule has 0 spiro atoms. The molecule has 5 atom stereocenters. The number of rotatable bonds is 87. The molecule has 0 aromatic rings. The summed E-state index contributed by atoms with van der Waals surface area (Å²) in [5.74, 6) is -2.10. The summed E-state index contributed by atoms with van der Waals surface area (Å²) in [5.41, 5.74) is 0. The molecule has 17 nitrogen and oxygen atoms in total. The molecule has 0 bridgehead atoms. The first-order valence-corrected chi connectivity index (χ1v) is 47.8. The Morgan fingerprint density at radius 1 is 0.229 bits per heavy atom. The van der Waals surface area contributed by atoms with Crippen molar-refractivity contribution in [3.05, 3.63) is 0 Å². The van der Waals surface area contributed by atoms with Gasteiger partial charge in [-0.3, -0.25) is 37.3 Å². The smallest absolute Gasteiger partial charge is 0.462 e. The van der Waals surface area contributed by atoms with E-state index in [1.54, 1.807) is 0 Å². The van der Waals surface area contributed by atoms with Crippen LogP contribution in [0.2, 0.25) is 0 Å². The van der Waals surface area contributed by atoms with E-state index in [1.165, 1.54) is 302 Å². The van der Waals surface area contributed by atoms with E-state index < -0.39 is 97.5 Å². The summed E-state index contributed by atoms with van der Waals surface area (Å²) >= 11 is 0. The SMILES string of the molecule is CCCCCCCCCCCCCCCCCCCCCCCC(=O)O[C@H](COC(=O)CCCCCCCCCCCCCCCCCCCC)COP(=O)(O)OC[C@@H](O)COP(=O)(O)OC[C@@H](COC(=O)CCCCCCCCCCC)OC(=O)CCCCCCCCCCCCCCCCCCC. The fraction of sp³-hybridized carbons (Fsp3) is 0.953. The fourth-order valence-corrected chi connectivity index (χ4v) is 15.1. The maximum atomic E-state index is 13.1. The molecule has 0 heterocycles. The number of aliphatic hydroxyl groups excluding tert-OH is 1. The molecule has 0 aromatic heterocycles. The molecule has 0 aliphatic carbocycles. The Kier molecular flexibility index (Phi) is 78.6. The van der Waals surface area contributed by atoms with Crippen molar-refractivity contribution in [2.45, 2.75) is 489 Å². The van der Waals surface area contributed by atoms with Crippen molar-refractivity contribution in [3.63, 3.8) is 0 Å². The standard InChI is InChI=1S/C86H168O17P2/c1-5-9-13-17-21-25-28-31-34-37-39-40-41-44-47-50-53-57-61-65-69-73-86(91)103-82(77-97-84(89)71-67-63-59-55-51-48-45-43-38-35-32-29-26-22-18-14-10-6-2)79-101-105(94,95)99-75-80(87)74-98-104(92,93)100-78-81(76-96-83(88)70-66-62-58-54-24-20-16-12-8-4)102-85(90)72-68-64-60-56-52-49-46-42-36-33-30-27-23-19-15-11-7-3/h80-82,87H,5-79H2,1-4H3,(H,92,93)(H,94,95)/t80-,81+,82+/m0/s1. The molecule has 0 saturated heterocycles. The van der Waals surface area contributed by atoms with Crippen molar-refractivity contribution >= 4 is 39.5 Å². The van der Waals surface area contributed by atoms with Gasteiger partial charge in [-0.2, -0.15) is 0 Å². The Morgan fingerprint density at radius 3 is 0.562 bits per heavy atom. The molecule has 0 aromatic carbocycles. The number of hydrogen-bond donors (Lipinski definition) is 3. The lowest BCUT2D eigenvalue weighted by Gasteiger charge is -2.21. The molecular formula is C86H168O17P2. The third-order valence-electron chi connectivity index (χ3n) is 20.4. The van der Waals surface area contributed by atoms with Gasteiger partial charge in [0.15, 0.2) is 12.2 Å². The van der Waals surface area contributed by atoms with Crippen LogP contribution >= 0.6 is 15.6 Å². The Labute approximate surface area is 645 Å². The van der Waals surface area contributed by atoms with E-state index in [2.05, 4.69) is 27.7 Å². The number of hydrogen-bond acceptors (Lipinski definition) is 15. The van der Waals surface area contributed by atoms with Crippen molar-refractivity contribution in [3.8, 4) is 0 Å². The predicted molar refractivity (Wildman–Crippen MR) is 432 cm³/mol. The van der Waals surface area contributed by atoms with Crippen molar-refractivity contribution < 1.29 is 80.2 Å². The Bertz CT molecular complexity index is 1980. The van der Waals surface area contributed by atoms with Crippen molar-refractivity contribution in [1.29, 1.82) is 0 Å². The van der Waals surface area contributed by atoms with Crippen LogP contribution in [0.1, 0.15) is 471 Å². The van der Waals surface area contributed by atoms with Gasteiger partial charge >= 0.3 is 39.5 Å². The molecule has 0 radical (unpaired) electrons. The first-order valence-electron chi connectivity index (χ1n) is 44.8. The number of phosphoric ester groups is 2. The van der Waals surface area contributed by atoms with Crippen LogP contribution in [0.15, 0.2) is 0 Å². The molecule has 624 valence electrons. The molecule has 19 heteroatoms. The van der Waals surface area contributed by atoms with E-state index >= 15 is 0 Å².